The zero-order valence-corrected chi connectivity index (χ0v) is 19.5. The second kappa shape index (κ2) is 11.0. The van der Waals surface area contributed by atoms with E-state index < -0.39 is 28.5 Å². The van der Waals surface area contributed by atoms with E-state index in [0.29, 0.717) is 10.7 Å². The summed E-state index contributed by atoms with van der Waals surface area (Å²) in [6, 6.07) is 21.2. The number of amides is 1. The Morgan fingerprint density at radius 3 is 2.18 bits per heavy atom. The Bertz CT molecular complexity index is 1200. The number of halogens is 1. The zero-order chi connectivity index (χ0) is 23.8. The number of anilines is 1. The SMILES string of the molecule is CCN(c1ccccc1)S(=O)(=O)c1ccc(C(=O)OCC(=O)NCc2ccc(Cl)cc2)cc1. The molecule has 9 heteroatoms. The van der Waals surface area contributed by atoms with Gasteiger partial charge in [-0.25, -0.2) is 13.2 Å². The first-order valence-electron chi connectivity index (χ1n) is 10.2. The summed E-state index contributed by atoms with van der Waals surface area (Å²) < 4.78 is 32.3. The van der Waals surface area contributed by atoms with Crippen molar-refractivity contribution in [1.82, 2.24) is 5.32 Å². The van der Waals surface area contributed by atoms with Crippen LogP contribution in [0.5, 0.6) is 0 Å². The zero-order valence-electron chi connectivity index (χ0n) is 17.9. The number of carbonyl (C=O) groups is 2. The molecule has 3 aromatic carbocycles. The largest absolute Gasteiger partial charge is 0.452 e. The number of ether oxygens (including phenoxy) is 1. The first-order chi connectivity index (χ1) is 15.8. The number of para-hydroxylation sites is 1. The number of hydrogen-bond acceptors (Lipinski definition) is 5. The van der Waals surface area contributed by atoms with Gasteiger partial charge in [-0.1, -0.05) is 41.9 Å². The molecule has 0 saturated carbocycles. The van der Waals surface area contributed by atoms with Gasteiger partial charge in [-0.15, -0.1) is 0 Å². The molecule has 0 bridgehead atoms. The molecule has 0 aliphatic carbocycles. The molecule has 0 heterocycles. The van der Waals surface area contributed by atoms with Gasteiger partial charge in [0.2, 0.25) is 0 Å². The van der Waals surface area contributed by atoms with Gasteiger partial charge in [0.1, 0.15) is 0 Å². The third-order valence-electron chi connectivity index (χ3n) is 4.75. The lowest BCUT2D eigenvalue weighted by atomic mass is 10.2. The lowest BCUT2D eigenvalue weighted by Crippen LogP contribution is -2.30. The Kier molecular flexibility index (Phi) is 8.08. The monoisotopic (exact) mass is 486 g/mol. The number of hydrogen-bond donors (Lipinski definition) is 1. The Morgan fingerprint density at radius 1 is 0.939 bits per heavy atom. The maximum Gasteiger partial charge on any atom is 0.338 e. The van der Waals surface area contributed by atoms with Crippen molar-refractivity contribution in [3.05, 3.63) is 95.0 Å². The van der Waals surface area contributed by atoms with E-state index in [2.05, 4.69) is 5.32 Å². The standard InChI is InChI=1S/C24H23ClN2O5S/c1-2-27(21-6-4-3-5-7-21)33(30,31)22-14-10-19(11-15-22)24(29)32-17-23(28)26-16-18-8-12-20(25)13-9-18/h3-15H,2,16-17H2,1H3,(H,26,28). The van der Waals surface area contributed by atoms with Crippen molar-refractivity contribution in [2.24, 2.45) is 0 Å². The molecule has 0 radical (unpaired) electrons. The molecule has 3 aromatic rings. The van der Waals surface area contributed by atoms with E-state index in [1.54, 1.807) is 55.5 Å². The summed E-state index contributed by atoms with van der Waals surface area (Å²) in [5, 5.41) is 3.24. The fraction of sp³-hybridized carbons (Fsp3) is 0.167. The van der Waals surface area contributed by atoms with E-state index in [1.165, 1.54) is 28.6 Å². The highest BCUT2D eigenvalue weighted by atomic mass is 35.5. The second-order valence-corrected chi connectivity index (χ2v) is 9.31. The van der Waals surface area contributed by atoms with Crippen LogP contribution in [-0.4, -0.2) is 33.4 Å². The summed E-state index contributed by atoms with van der Waals surface area (Å²) in [4.78, 5) is 24.3. The summed E-state index contributed by atoms with van der Waals surface area (Å²) in [6.07, 6.45) is 0. The van der Waals surface area contributed by atoms with Crippen LogP contribution in [0.25, 0.3) is 0 Å². The van der Waals surface area contributed by atoms with Gasteiger partial charge < -0.3 is 10.1 Å². The smallest absolute Gasteiger partial charge is 0.338 e. The number of esters is 1. The summed E-state index contributed by atoms with van der Waals surface area (Å²) in [7, 11) is -3.80. The highest BCUT2D eigenvalue weighted by Gasteiger charge is 2.24. The summed E-state index contributed by atoms with van der Waals surface area (Å²) >= 11 is 5.82. The molecule has 0 saturated heterocycles. The molecule has 0 spiro atoms. The van der Waals surface area contributed by atoms with Crippen molar-refractivity contribution in [2.75, 3.05) is 17.5 Å². The fourth-order valence-corrected chi connectivity index (χ4v) is 4.64. The maximum atomic E-state index is 13.0. The van der Waals surface area contributed by atoms with Gasteiger partial charge in [0.15, 0.2) is 6.61 Å². The number of sulfonamides is 1. The van der Waals surface area contributed by atoms with Crippen LogP contribution < -0.4 is 9.62 Å². The highest BCUT2D eigenvalue weighted by molar-refractivity contribution is 7.92. The average Bonchev–Trinajstić information content (AvgIpc) is 2.83. The van der Waals surface area contributed by atoms with E-state index in [0.717, 1.165) is 5.56 Å². The van der Waals surface area contributed by atoms with Crippen molar-refractivity contribution in [3.63, 3.8) is 0 Å². The average molecular weight is 487 g/mol. The van der Waals surface area contributed by atoms with E-state index in [4.69, 9.17) is 16.3 Å². The van der Waals surface area contributed by atoms with Gasteiger partial charge >= 0.3 is 5.97 Å². The molecule has 0 aromatic heterocycles. The Morgan fingerprint density at radius 2 is 1.58 bits per heavy atom. The van der Waals surface area contributed by atoms with E-state index in [-0.39, 0.29) is 23.5 Å². The van der Waals surface area contributed by atoms with E-state index in [9.17, 15) is 18.0 Å². The molecular weight excluding hydrogens is 464 g/mol. The molecule has 1 N–H and O–H groups in total. The van der Waals surface area contributed by atoms with Crippen LogP contribution in [-0.2, 0) is 26.1 Å². The quantitative estimate of drug-likeness (QED) is 0.461. The van der Waals surface area contributed by atoms with Crippen LogP contribution in [0.2, 0.25) is 5.02 Å². The third-order valence-corrected chi connectivity index (χ3v) is 6.92. The number of carbonyl (C=O) groups excluding carboxylic acids is 2. The van der Waals surface area contributed by atoms with Crippen LogP contribution in [0.4, 0.5) is 5.69 Å². The normalized spacial score (nSPS) is 11.0. The lowest BCUT2D eigenvalue weighted by Gasteiger charge is -2.22. The van der Waals surface area contributed by atoms with Crippen molar-refractivity contribution in [1.29, 1.82) is 0 Å². The van der Waals surface area contributed by atoms with Gasteiger partial charge in [0.05, 0.1) is 16.1 Å². The van der Waals surface area contributed by atoms with Gasteiger partial charge in [0.25, 0.3) is 15.9 Å². The Hall–Kier alpha value is -3.36. The predicted octanol–water partition coefficient (Wildman–Crippen LogP) is 4.03. The molecule has 0 aliphatic rings. The summed E-state index contributed by atoms with van der Waals surface area (Å²) in [5.41, 5.74) is 1.54. The first-order valence-corrected chi connectivity index (χ1v) is 12.0. The van der Waals surface area contributed by atoms with Gasteiger partial charge in [-0.05, 0) is 61.0 Å². The molecular formula is C24H23ClN2O5S. The molecule has 1 amide bonds. The van der Waals surface area contributed by atoms with Gasteiger partial charge in [-0.2, -0.15) is 0 Å². The molecule has 0 unspecified atom stereocenters. The van der Waals surface area contributed by atoms with Gasteiger partial charge in [0, 0.05) is 18.1 Å². The minimum Gasteiger partial charge on any atom is -0.452 e. The molecule has 0 atom stereocenters. The molecule has 0 fully saturated rings. The molecule has 0 aliphatic heterocycles. The number of benzene rings is 3. The third kappa shape index (κ3) is 6.34. The van der Waals surface area contributed by atoms with Crippen LogP contribution in [0.15, 0.2) is 83.8 Å². The topological polar surface area (TPSA) is 92.8 Å². The van der Waals surface area contributed by atoms with Gasteiger partial charge in [-0.3, -0.25) is 9.10 Å². The predicted molar refractivity (Wildman–Crippen MR) is 127 cm³/mol. The van der Waals surface area contributed by atoms with Crippen LogP contribution in [0.3, 0.4) is 0 Å². The lowest BCUT2D eigenvalue weighted by molar-refractivity contribution is -0.124. The molecule has 7 nitrogen and oxygen atoms in total. The number of nitrogens with zero attached hydrogens (tertiary/aromatic N) is 1. The minimum atomic E-state index is -3.80. The maximum absolute atomic E-state index is 13.0. The Balaban J connectivity index is 1.58. The minimum absolute atomic E-state index is 0.0467. The Labute approximate surface area is 198 Å². The van der Waals surface area contributed by atoms with E-state index >= 15 is 0 Å². The first kappa shape index (κ1) is 24.3. The molecule has 172 valence electrons. The van der Waals surface area contributed by atoms with Crippen LogP contribution >= 0.6 is 11.6 Å². The van der Waals surface area contributed by atoms with Crippen molar-refractivity contribution >= 4 is 39.2 Å². The van der Waals surface area contributed by atoms with Crippen LogP contribution in [0.1, 0.15) is 22.8 Å². The van der Waals surface area contributed by atoms with Crippen LogP contribution in [0, 0.1) is 0 Å². The summed E-state index contributed by atoms with van der Waals surface area (Å²) in [5.74, 6) is -1.19. The molecule has 33 heavy (non-hydrogen) atoms. The molecule has 3 rings (SSSR count). The van der Waals surface area contributed by atoms with Crippen molar-refractivity contribution in [3.8, 4) is 0 Å². The second-order valence-electron chi connectivity index (χ2n) is 7.01. The number of nitrogens with one attached hydrogen (secondary N) is 1. The number of rotatable bonds is 9. The summed E-state index contributed by atoms with van der Waals surface area (Å²) in [6.45, 7) is 1.81. The highest BCUT2D eigenvalue weighted by Crippen LogP contribution is 2.23. The van der Waals surface area contributed by atoms with E-state index in [1.807, 2.05) is 6.07 Å². The van der Waals surface area contributed by atoms with Crippen molar-refractivity contribution in [2.45, 2.75) is 18.4 Å². The fourth-order valence-electron chi connectivity index (χ4n) is 3.04. The van der Waals surface area contributed by atoms with Crippen molar-refractivity contribution < 1.29 is 22.7 Å².